The zero-order valence-electron chi connectivity index (χ0n) is 9.37. The van der Waals surface area contributed by atoms with Crippen LogP contribution in [-0.2, 0) is 4.74 Å². The summed E-state index contributed by atoms with van der Waals surface area (Å²) in [5, 5.41) is 2.80. The molecule has 1 aromatic rings. The third-order valence-electron chi connectivity index (χ3n) is 2.06. The molecule has 0 saturated carbocycles. The summed E-state index contributed by atoms with van der Waals surface area (Å²) in [5.74, 6) is -0.154. The molecule has 16 heavy (non-hydrogen) atoms. The van der Waals surface area contributed by atoms with Crippen molar-refractivity contribution in [3.63, 3.8) is 0 Å². The van der Waals surface area contributed by atoms with Gasteiger partial charge in [0.1, 0.15) is 5.69 Å². The topological polar surface area (TPSA) is 51.2 Å². The van der Waals surface area contributed by atoms with E-state index in [1.54, 1.807) is 13.3 Å². The summed E-state index contributed by atoms with van der Waals surface area (Å²) in [7, 11) is 1.62. The third kappa shape index (κ3) is 3.90. The molecule has 0 fully saturated rings. The van der Waals surface area contributed by atoms with Crippen LogP contribution in [0.5, 0.6) is 0 Å². The van der Waals surface area contributed by atoms with E-state index in [1.165, 1.54) is 0 Å². The molecular weight excluding hydrogens is 272 g/mol. The maximum Gasteiger partial charge on any atom is 0.270 e. The molecule has 0 saturated heterocycles. The summed E-state index contributed by atoms with van der Waals surface area (Å²) < 4.78 is 4.95. The fourth-order valence-electron chi connectivity index (χ4n) is 1.25. The van der Waals surface area contributed by atoms with Crippen molar-refractivity contribution in [2.24, 2.45) is 0 Å². The third-order valence-corrected chi connectivity index (χ3v) is 2.64. The lowest BCUT2D eigenvalue weighted by molar-refractivity contribution is 0.0944. The second-order valence-corrected chi connectivity index (χ2v) is 4.73. The number of aryl methyl sites for hydroxylation is 1. The Morgan fingerprint density at radius 3 is 3.06 bits per heavy atom. The first-order valence-corrected chi connectivity index (χ1v) is 5.89. The van der Waals surface area contributed by atoms with Gasteiger partial charge in [0.25, 0.3) is 5.91 Å². The van der Waals surface area contributed by atoms with Gasteiger partial charge in [0.05, 0.1) is 11.4 Å². The number of aromatic nitrogens is 1. The molecule has 4 nitrogen and oxygen atoms in total. The Balaban J connectivity index is 2.50. The highest BCUT2D eigenvalue weighted by Gasteiger charge is 2.11. The first kappa shape index (κ1) is 13.1. The molecule has 0 aromatic carbocycles. The van der Waals surface area contributed by atoms with Gasteiger partial charge in [0.2, 0.25) is 0 Å². The molecule has 0 aliphatic heterocycles. The first-order chi connectivity index (χ1) is 7.65. The van der Waals surface area contributed by atoms with Gasteiger partial charge >= 0.3 is 0 Å². The molecule has 0 aliphatic carbocycles. The molecule has 1 atom stereocenters. The summed E-state index contributed by atoms with van der Waals surface area (Å²) >= 11 is 3.40. The number of ether oxygens (including phenoxy) is 1. The Morgan fingerprint density at radius 1 is 1.69 bits per heavy atom. The number of carbonyl (C=O) groups excluding carboxylic acids is 1. The number of halogens is 1. The number of nitrogens with zero attached hydrogens (tertiary/aromatic N) is 1. The number of hydrogen-bond acceptors (Lipinski definition) is 3. The lowest BCUT2D eigenvalue weighted by Crippen LogP contribution is -2.32. The van der Waals surface area contributed by atoms with Gasteiger partial charge in [0, 0.05) is 19.9 Å². The molecular formula is C11H15BrN2O2. The Labute approximate surface area is 104 Å². The van der Waals surface area contributed by atoms with E-state index in [0.29, 0.717) is 18.8 Å². The molecule has 5 heteroatoms. The number of nitrogens with one attached hydrogen (secondary N) is 1. The number of carbonyl (C=O) groups is 1. The van der Waals surface area contributed by atoms with Crippen molar-refractivity contribution in [3.05, 3.63) is 29.6 Å². The second kappa shape index (κ2) is 6.60. The van der Waals surface area contributed by atoms with Crippen LogP contribution >= 0.6 is 15.9 Å². The summed E-state index contributed by atoms with van der Waals surface area (Å²) in [6.07, 6.45) is 1.61. The molecule has 1 N–H and O–H groups in total. The van der Waals surface area contributed by atoms with Crippen LogP contribution in [-0.4, -0.2) is 36.0 Å². The highest BCUT2D eigenvalue weighted by molar-refractivity contribution is 9.09. The van der Waals surface area contributed by atoms with Gasteiger partial charge in [-0.2, -0.15) is 0 Å². The van der Waals surface area contributed by atoms with Crippen molar-refractivity contribution in [3.8, 4) is 0 Å². The smallest absolute Gasteiger partial charge is 0.270 e. The summed E-state index contributed by atoms with van der Waals surface area (Å²) in [6.45, 7) is 2.94. The van der Waals surface area contributed by atoms with Crippen molar-refractivity contribution in [2.75, 3.05) is 20.3 Å². The largest absolute Gasteiger partial charge is 0.383 e. The Morgan fingerprint density at radius 2 is 2.44 bits per heavy atom. The molecule has 1 rings (SSSR count). The van der Waals surface area contributed by atoms with E-state index in [9.17, 15) is 4.79 Å². The molecule has 0 spiro atoms. The van der Waals surface area contributed by atoms with Gasteiger partial charge in [-0.15, -0.1) is 0 Å². The lowest BCUT2D eigenvalue weighted by atomic mass is 10.2. The van der Waals surface area contributed by atoms with Crippen molar-refractivity contribution in [2.45, 2.75) is 11.8 Å². The predicted molar refractivity (Wildman–Crippen MR) is 65.9 cm³/mol. The van der Waals surface area contributed by atoms with E-state index < -0.39 is 0 Å². The van der Waals surface area contributed by atoms with Gasteiger partial charge in [-0.05, 0) is 18.6 Å². The summed E-state index contributed by atoms with van der Waals surface area (Å²) in [4.78, 5) is 15.9. The molecule has 0 bridgehead atoms. The van der Waals surface area contributed by atoms with Gasteiger partial charge in [-0.3, -0.25) is 9.78 Å². The standard InChI is InChI=1S/C11H15BrN2O2/c1-8-4-3-5-13-10(8)11(15)14-6-9(12)7-16-2/h3-5,9H,6-7H2,1-2H3,(H,14,15). The SMILES string of the molecule is COCC(Br)CNC(=O)c1ncccc1C. The fraction of sp³-hybridized carbons (Fsp3) is 0.455. The van der Waals surface area contributed by atoms with Crippen LogP contribution in [0.15, 0.2) is 18.3 Å². The molecule has 0 aliphatic rings. The van der Waals surface area contributed by atoms with Crippen molar-refractivity contribution in [1.29, 1.82) is 0 Å². The van der Waals surface area contributed by atoms with Gasteiger partial charge in [-0.25, -0.2) is 0 Å². The van der Waals surface area contributed by atoms with E-state index in [4.69, 9.17) is 4.74 Å². The zero-order valence-corrected chi connectivity index (χ0v) is 11.0. The Kier molecular flexibility index (Phi) is 5.42. The quantitative estimate of drug-likeness (QED) is 0.836. The lowest BCUT2D eigenvalue weighted by Gasteiger charge is -2.10. The maximum absolute atomic E-state index is 11.7. The van der Waals surface area contributed by atoms with Gasteiger partial charge < -0.3 is 10.1 Å². The Bertz CT molecular complexity index is 358. The zero-order chi connectivity index (χ0) is 12.0. The second-order valence-electron chi connectivity index (χ2n) is 3.43. The number of methoxy groups -OCH3 is 1. The van der Waals surface area contributed by atoms with E-state index in [0.717, 1.165) is 5.56 Å². The minimum Gasteiger partial charge on any atom is -0.383 e. The van der Waals surface area contributed by atoms with Crippen LogP contribution in [0.3, 0.4) is 0 Å². The molecule has 1 unspecified atom stereocenters. The minimum absolute atomic E-state index is 0.116. The van der Waals surface area contributed by atoms with Crippen LogP contribution in [0.1, 0.15) is 16.1 Å². The van der Waals surface area contributed by atoms with Crippen LogP contribution in [0, 0.1) is 6.92 Å². The van der Waals surface area contributed by atoms with E-state index >= 15 is 0 Å². The molecule has 88 valence electrons. The maximum atomic E-state index is 11.7. The first-order valence-electron chi connectivity index (χ1n) is 4.98. The van der Waals surface area contributed by atoms with Gasteiger partial charge in [0.15, 0.2) is 0 Å². The predicted octanol–water partition coefficient (Wildman–Crippen LogP) is 1.53. The van der Waals surface area contributed by atoms with Crippen LogP contribution in [0.2, 0.25) is 0 Å². The monoisotopic (exact) mass is 286 g/mol. The number of hydrogen-bond donors (Lipinski definition) is 1. The molecule has 1 heterocycles. The molecule has 0 radical (unpaired) electrons. The Hall–Kier alpha value is -0.940. The number of amides is 1. The molecule has 1 aromatic heterocycles. The van der Waals surface area contributed by atoms with E-state index in [2.05, 4.69) is 26.2 Å². The van der Waals surface area contributed by atoms with Crippen molar-refractivity contribution < 1.29 is 9.53 Å². The molecule has 1 amide bonds. The van der Waals surface area contributed by atoms with Crippen LogP contribution < -0.4 is 5.32 Å². The summed E-state index contributed by atoms with van der Waals surface area (Å²) in [6, 6.07) is 3.67. The number of pyridine rings is 1. The van der Waals surface area contributed by atoms with Crippen molar-refractivity contribution in [1.82, 2.24) is 10.3 Å². The van der Waals surface area contributed by atoms with E-state index in [1.807, 2.05) is 19.1 Å². The van der Waals surface area contributed by atoms with Gasteiger partial charge in [-0.1, -0.05) is 22.0 Å². The fourth-order valence-corrected chi connectivity index (χ4v) is 1.68. The highest BCUT2D eigenvalue weighted by Crippen LogP contribution is 2.03. The average molecular weight is 287 g/mol. The van der Waals surface area contributed by atoms with E-state index in [-0.39, 0.29) is 10.7 Å². The average Bonchev–Trinajstić information content (AvgIpc) is 2.27. The number of rotatable bonds is 5. The summed E-state index contributed by atoms with van der Waals surface area (Å²) in [5.41, 5.74) is 1.34. The van der Waals surface area contributed by atoms with Crippen LogP contribution in [0.25, 0.3) is 0 Å². The highest BCUT2D eigenvalue weighted by atomic mass is 79.9. The van der Waals surface area contributed by atoms with Crippen molar-refractivity contribution >= 4 is 21.8 Å². The number of alkyl halides is 1. The van der Waals surface area contributed by atoms with Crippen LogP contribution in [0.4, 0.5) is 0 Å². The minimum atomic E-state index is -0.154. The normalized spacial score (nSPS) is 12.2.